The Morgan fingerprint density at radius 1 is 1.47 bits per heavy atom. The van der Waals surface area contributed by atoms with Crippen LogP contribution >= 0.6 is 0 Å². The number of hydrogen-bond acceptors (Lipinski definition) is 4. The van der Waals surface area contributed by atoms with E-state index in [-0.39, 0.29) is 18.5 Å². The summed E-state index contributed by atoms with van der Waals surface area (Å²) in [5.41, 5.74) is 5.78. The summed E-state index contributed by atoms with van der Waals surface area (Å²) in [4.78, 5) is 25.9. The molecule has 6 nitrogen and oxygen atoms in total. The van der Waals surface area contributed by atoms with E-state index < -0.39 is 12.0 Å². The molecule has 0 aromatic carbocycles. The van der Waals surface area contributed by atoms with Gasteiger partial charge in [-0.1, -0.05) is 0 Å². The van der Waals surface area contributed by atoms with Crippen molar-refractivity contribution < 1.29 is 14.7 Å². The zero-order chi connectivity index (χ0) is 13.0. The lowest BCUT2D eigenvalue weighted by atomic mass is 10.1. The summed E-state index contributed by atoms with van der Waals surface area (Å²) >= 11 is 0. The number of nitrogens with zero attached hydrogens (tertiary/aromatic N) is 2. The first kappa shape index (κ1) is 13.9. The van der Waals surface area contributed by atoms with Crippen LogP contribution in [-0.2, 0) is 9.59 Å². The van der Waals surface area contributed by atoms with Crippen molar-refractivity contribution in [2.75, 3.05) is 26.7 Å². The van der Waals surface area contributed by atoms with Gasteiger partial charge in [-0.15, -0.1) is 0 Å². The van der Waals surface area contributed by atoms with Crippen LogP contribution in [0.5, 0.6) is 0 Å². The molecule has 1 unspecified atom stereocenters. The van der Waals surface area contributed by atoms with E-state index in [2.05, 4.69) is 0 Å². The molecule has 1 amide bonds. The fourth-order valence-electron chi connectivity index (χ4n) is 1.80. The van der Waals surface area contributed by atoms with E-state index in [1.54, 1.807) is 0 Å². The molecular weight excluding hydrogens is 222 g/mol. The summed E-state index contributed by atoms with van der Waals surface area (Å²) in [6.07, 6.45) is 1.79. The Labute approximate surface area is 101 Å². The largest absolute Gasteiger partial charge is 0.480 e. The van der Waals surface area contributed by atoms with Gasteiger partial charge >= 0.3 is 5.97 Å². The fourth-order valence-corrected chi connectivity index (χ4v) is 1.80. The molecule has 1 heterocycles. The highest BCUT2D eigenvalue weighted by atomic mass is 16.4. The van der Waals surface area contributed by atoms with Crippen molar-refractivity contribution in [1.82, 2.24) is 9.80 Å². The van der Waals surface area contributed by atoms with Gasteiger partial charge in [0.05, 0.1) is 6.54 Å². The summed E-state index contributed by atoms with van der Waals surface area (Å²) in [5.74, 6) is -1.14. The Bertz CT molecular complexity index is 288. The van der Waals surface area contributed by atoms with Gasteiger partial charge in [0, 0.05) is 26.2 Å². The van der Waals surface area contributed by atoms with Crippen molar-refractivity contribution >= 4 is 11.9 Å². The summed E-state index contributed by atoms with van der Waals surface area (Å²) in [5, 5.41) is 8.82. The minimum absolute atomic E-state index is 0.157. The Kier molecular flexibility index (Phi) is 4.89. The van der Waals surface area contributed by atoms with Crippen molar-refractivity contribution in [3.63, 3.8) is 0 Å². The monoisotopic (exact) mass is 243 g/mol. The molecule has 17 heavy (non-hydrogen) atoms. The number of piperidine rings is 1. The molecule has 0 radical (unpaired) electrons. The van der Waals surface area contributed by atoms with Gasteiger partial charge in [0.15, 0.2) is 0 Å². The first-order valence-electron chi connectivity index (χ1n) is 5.88. The molecule has 1 aliphatic rings. The lowest BCUT2D eigenvalue weighted by Crippen LogP contribution is -2.48. The third kappa shape index (κ3) is 3.98. The predicted octanol–water partition coefficient (Wildman–Crippen LogP) is -0.659. The molecule has 0 aliphatic carbocycles. The standard InChI is InChI=1S/C11H21N3O3/c1-8(11(16)17)13(2)10(15)7-14-5-3-9(12)4-6-14/h8-9H,3-7,12H2,1-2H3,(H,16,17). The van der Waals surface area contributed by atoms with E-state index in [1.807, 2.05) is 4.90 Å². The SMILES string of the molecule is CC(C(=O)O)N(C)C(=O)CN1CCC(N)CC1. The molecule has 0 aromatic heterocycles. The molecule has 0 bridgehead atoms. The van der Waals surface area contributed by atoms with E-state index in [0.29, 0.717) is 0 Å². The molecule has 1 atom stereocenters. The quantitative estimate of drug-likeness (QED) is 0.684. The maximum Gasteiger partial charge on any atom is 0.326 e. The number of likely N-dealkylation sites (N-methyl/N-ethyl adjacent to an activating group) is 1. The Morgan fingerprint density at radius 3 is 2.47 bits per heavy atom. The van der Waals surface area contributed by atoms with Gasteiger partial charge in [-0.3, -0.25) is 9.69 Å². The van der Waals surface area contributed by atoms with Gasteiger partial charge in [-0.25, -0.2) is 4.79 Å². The number of likely N-dealkylation sites (tertiary alicyclic amines) is 1. The summed E-state index contributed by atoms with van der Waals surface area (Å²) in [6, 6.07) is -0.549. The molecule has 3 N–H and O–H groups in total. The number of carbonyl (C=O) groups excluding carboxylic acids is 1. The Balaban J connectivity index is 2.41. The van der Waals surface area contributed by atoms with Crippen LogP contribution in [-0.4, -0.2) is 65.5 Å². The van der Waals surface area contributed by atoms with E-state index >= 15 is 0 Å². The normalized spacial score (nSPS) is 19.9. The van der Waals surface area contributed by atoms with Crippen LogP contribution in [0, 0.1) is 0 Å². The van der Waals surface area contributed by atoms with Gasteiger partial charge in [0.25, 0.3) is 0 Å². The van der Waals surface area contributed by atoms with Crippen molar-refractivity contribution in [2.45, 2.75) is 31.8 Å². The smallest absolute Gasteiger partial charge is 0.326 e. The second-order valence-corrected chi connectivity index (χ2v) is 4.63. The first-order chi connectivity index (χ1) is 7.91. The molecule has 1 rings (SSSR count). The van der Waals surface area contributed by atoms with Crippen molar-refractivity contribution in [3.05, 3.63) is 0 Å². The zero-order valence-electron chi connectivity index (χ0n) is 10.4. The lowest BCUT2D eigenvalue weighted by molar-refractivity contribution is -0.148. The van der Waals surface area contributed by atoms with Gasteiger partial charge in [-0.2, -0.15) is 0 Å². The predicted molar refractivity (Wildman–Crippen MR) is 63.5 cm³/mol. The number of carbonyl (C=O) groups is 2. The molecule has 0 aromatic rings. The summed E-state index contributed by atoms with van der Waals surface area (Å²) in [6.45, 7) is 3.40. The Morgan fingerprint density at radius 2 is 2.00 bits per heavy atom. The average molecular weight is 243 g/mol. The van der Waals surface area contributed by atoms with Crippen LogP contribution in [0.2, 0.25) is 0 Å². The third-order valence-corrected chi connectivity index (χ3v) is 3.32. The summed E-state index contributed by atoms with van der Waals surface area (Å²) in [7, 11) is 1.52. The molecule has 1 saturated heterocycles. The van der Waals surface area contributed by atoms with Crippen LogP contribution in [0.1, 0.15) is 19.8 Å². The maximum atomic E-state index is 11.8. The van der Waals surface area contributed by atoms with Crippen LogP contribution in [0.25, 0.3) is 0 Å². The minimum atomic E-state index is -0.985. The summed E-state index contributed by atoms with van der Waals surface area (Å²) < 4.78 is 0. The second-order valence-electron chi connectivity index (χ2n) is 4.63. The van der Waals surface area contributed by atoms with Crippen LogP contribution < -0.4 is 5.73 Å². The number of nitrogens with two attached hydrogens (primary N) is 1. The number of carboxylic acid groups (broad SMARTS) is 1. The highest BCUT2D eigenvalue weighted by Gasteiger charge is 2.24. The number of amides is 1. The average Bonchev–Trinajstić information content (AvgIpc) is 2.30. The molecule has 6 heteroatoms. The first-order valence-corrected chi connectivity index (χ1v) is 5.88. The van der Waals surface area contributed by atoms with Gasteiger partial charge in [0.1, 0.15) is 6.04 Å². The van der Waals surface area contributed by atoms with E-state index in [9.17, 15) is 9.59 Å². The number of aliphatic carboxylic acids is 1. The molecule has 1 fully saturated rings. The third-order valence-electron chi connectivity index (χ3n) is 3.32. The number of rotatable bonds is 4. The van der Waals surface area contributed by atoms with Crippen molar-refractivity contribution in [1.29, 1.82) is 0 Å². The maximum absolute atomic E-state index is 11.8. The number of carboxylic acids is 1. The molecule has 1 aliphatic heterocycles. The number of hydrogen-bond donors (Lipinski definition) is 2. The van der Waals surface area contributed by atoms with E-state index in [0.717, 1.165) is 25.9 Å². The van der Waals surface area contributed by atoms with Crippen LogP contribution in [0.15, 0.2) is 0 Å². The molecule has 0 spiro atoms. The van der Waals surface area contributed by atoms with Crippen molar-refractivity contribution in [3.8, 4) is 0 Å². The van der Waals surface area contributed by atoms with Gasteiger partial charge < -0.3 is 15.7 Å². The van der Waals surface area contributed by atoms with Gasteiger partial charge in [0.2, 0.25) is 5.91 Å². The molecule has 0 saturated carbocycles. The highest BCUT2D eigenvalue weighted by Crippen LogP contribution is 2.08. The second kappa shape index (κ2) is 5.97. The fraction of sp³-hybridized carbons (Fsp3) is 0.818. The van der Waals surface area contributed by atoms with Crippen LogP contribution in [0.3, 0.4) is 0 Å². The van der Waals surface area contributed by atoms with E-state index in [4.69, 9.17) is 10.8 Å². The van der Waals surface area contributed by atoms with Crippen LogP contribution in [0.4, 0.5) is 0 Å². The molecular formula is C11H21N3O3. The lowest BCUT2D eigenvalue weighted by Gasteiger charge is -2.31. The minimum Gasteiger partial charge on any atom is -0.480 e. The zero-order valence-corrected chi connectivity index (χ0v) is 10.4. The topological polar surface area (TPSA) is 86.9 Å². The van der Waals surface area contributed by atoms with E-state index in [1.165, 1.54) is 18.9 Å². The highest BCUT2D eigenvalue weighted by molar-refractivity contribution is 5.84. The Hall–Kier alpha value is -1.14. The molecule has 98 valence electrons. The van der Waals surface area contributed by atoms with Crippen molar-refractivity contribution in [2.24, 2.45) is 5.73 Å². The van der Waals surface area contributed by atoms with Gasteiger partial charge in [-0.05, 0) is 19.8 Å².